The monoisotopic (exact) mass is 297 g/mol. The Kier molecular flexibility index (Phi) is 6.11. The first-order valence-corrected chi connectivity index (χ1v) is 4.10. The van der Waals surface area contributed by atoms with Crippen LogP contribution >= 0.6 is 0 Å². The molecule has 0 amide bonds. The van der Waals surface area contributed by atoms with Crippen LogP contribution in [0.4, 0.5) is 17.1 Å². The molecule has 0 bridgehead atoms. The van der Waals surface area contributed by atoms with Gasteiger partial charge in [0.2, 0.25) is 0 Å². The summed E-state index contributed by atoms with van der Waals surface area (Å²) in [4.78, 5) is 38.6. The second-order valence-electron chi connectivity index (χ2n) is 2.91. The SMILES string of the molecule is O=C(O)c1ccc([N+](=O)[O-])c([N+](=O)[O-])c1[N+](=O)[O-].[KH]. The number of benzene rings is 1. The Morgan fingerprint density at radius 2 is 1.42 bits per heavy atom. The molecule has 0 heterocycles. The molecule has 0 radical (unpaired) electrons. The molecule has 96 valence electrons. The van der Waals surface area contributed by atoms with E-state index < -0.39 is 43.4 Å². The van der Waals surface area contributed by atoms with Crippen LogP contribution in [-0.4, -0.2) is 77.2 Å². The number of nitro benzene ring substituents is 3. The van der Waals surface area contributed by atoms with Crippen LogP contribution in [0.15, 0.2) is 12.1 Å². The van der Waals surface area contributed by atoms with E-state index in [1.165, 1.54) is 0 Å². The Hall–Kier alpha value is -1.47. The molecule has 19 heavy (non-hydrogen) atoms. The molecule has 0 aliphatic heterocycles. The fourth-order valence-corrected chi connectivity index (χ4v) is 1.25. The summed E-state index contributed by atoms with van der Waals surface area (Å²) in [6.45, 7) is 0. The summed E-state index contributed by atoms with van der Waals surface area (Å²) in [5.41, 5.74) is -5.00. The molecule has 0 unspecified atom stereocenters. The van der Waals surface area contributed by atoms with Crippen molar-refractivity contribution in [3.8, 4) is 0 Å². The van der Waals surface area contributed by atoms with Crippen molar-refractivity contribution in [2.75, 3.05) is 0 Å². The minimum atomic E-state index is -1.79. The third kappa shape index (κ3) is 3.51. The zero-order valence-electron chi connectivity index (χ0n) is 8.30. The van der Waals surface area contributed by atoms with E-state index in [4.69, 9.17) is 5.11 Å². The average molecular weight is 297 g/mol. The molecule has 0 saturated carbocycles. The van der Waals surface area contributed by atoms with Gasteiger partial charge in [0.05, 0.1) is 14.8 Å². The Morgan fingerprint density at radius 1 is 0.947 bits per heavy atom. The van der Waals surface area contributed by atoms with Crippen LogP contribution < -0.4 is 0 Å². The number of rotatable bonds is 4. The van der Waals surface area contributed by atoms with Gasteiger partial charge in [0, 0.05) is 6.07 Å². The first kappa shape index (κ1) is 17.5. The summed E-state index contributed by atoms with van der Waals surface area (Å²) in [6.07, 6.45) is 0. The molecule has 0 atom stereocenters. The molecular weight excluding hydrogens is 293 g/mol. The maximum absolute atomic E-state index is 10.7. The van der Waals surface area contributed by atoms with Crippen LogP contribution in [0.25, 0.3) is 0 Å². The molecule has 11 nitrogen and oxygen atoms in total. The molecular formula is C7H4KN3O8. The molecule has 0 aliphatic rings. The van der Waals surface area contributed by atoms with Crippen molar-refractivity contribution in [2.24, 2.45) is 0 Å². The standard InChI is InChI=1S/C7H3N3O8.K.H/c11-7(12)3-1-2-4(8(13)14)6(10(17)18)5(3)9(15)16;;/h1-2H,(H,11,12);;. The zero-order chi connectivity index (χ0) is 14.0. The van der Waals surface area contributed by atoms with Gasteiger partial charge in [0.15, 0.2) is 0 Å². The van der Waals surface area contributed by atoms with E-state index in [0.717, 1.165) is 0 Å². The van der Waals surface area contributed by atoms with Crippen molar-refractivity contribution in [2.45, 2.75) is 0 Å². The van der Waals surface area contributed by atoms with E-state index >= 15 is 0 Å². The molecule has 1 aromatic rings. The predicted octanol–water partition coefficient (Wildman–Crippen LogP) is 0.461. The maximum atomic E-state index is 10.7. The van der Waals surface area contributed by atoms with Crippen molar-refractivity contribution in [3.05, 3.63) is 48.0 Å². The van der Waals surface area contributed by atoms with Crippen LogP contribution in [0.2, 0.25) is 0 Å². The molecule has 0 saturated heterocycles. The Labute approximate surface area is 146 Å². The minimum absolute atomic E-state index is 0. The predicted molar refractivity (Wildman–Crippen MR) is 60.5 cm³/mol. The number of hydrogen-bond acceptors (Lipinski definition) is 7. The van der Waals surface area contributed by atoms with Gasteiger partial charge < -0.3 is 5.11 Å². The topological polar surface area (TPSA) is 167 Å². The van der Waals surface area contributed by atoms with Gasteiger partial charge in [-0.05, 0) is 6.07 Å². The van der Waals surface area contributed by atoms with E-state index in [0.29, 0.717) is 12.1 Å². The van der Waals surface area contributed by atoms with Gasteiger partial charge in [-0.2, -0.15) is 0 Å². The van der Waals surface area contributed by atoms with Crippen molar-refractivity contribution in [3.63, 3.8) is 0 Å². The molecule has 0 aromatic heterocycles. The van der Waals surface area contributed by atoms with Gasteiger partial charge in [-0.15, -0.1) is 0 Å². The Morgan fingerprint density at radius 3 is 1.74 bits per heavy atom. The molecule has 1 aromatic carbocycles. The summed E-state index contributed by atoms with van der Waals surface area (Å²) in [6, 6.07) is 1.11. The second kappa shape index (κ2) is 6.62. The van der Waals surface area contributed by atoms with Crippen molar-refractivity contribution in [1.29, 1.82) is 0 Å². The van der Waals surface area contributed by atoms with E-state index in [9.17, 15) is 35.1 Å². The van der Waals surface area contributed by atoms with Crippen molar-refractivity contribution < 1.29 is 24.7 Å². The summed E-state index contributed by atoms with van der Waals surface area (Å²) in [5, 5.41) is 40.4. The summed E-state index contributed by atoms with van der Waals surface area (Å²) in [5.74, 6) is -1.79. The number of nitro groups is 3. The average Bonchev–Trinajstić information content (AvgIpc) is 2.26. The van der Waals surface area contributed by atoms with Gasteiger partial charge in [0.1, 0.15) is 5.56 Å². The van der Waals surface area contributed by atoms with Crippen LogP contribution in [-0.2, 0) is 0 Å². The fourth-order valence-electron chi connectivity index (χ4n) is 1.25. The number of hydrogen-bond donors (Lipinski definition) is 1. The van der Waals surface area contributed by atoms with Crippen molar-refractivity contribution in [1.82, 2.24) is 0 Å². The first-order valence-electron chi connectivity index (χ1n) is 4.10. The van der Waals surface area contributed by atoms with Gasteiger partial charge in [-0.1, -0.05) is 0 Å². The fraction of sp³-hybridized carbons (Fsp3) is 0. The van der Waals surface area contributed by atoms with E-state index in [-0.39, 0.29) is 51.4 Å². The number of carboxylic acids is 1. The molecule has 12 heteroatoms. The van der Waals surface area contributed by atoms with Gasteiger partial charge in [-0.25, -0.2) is 4.79 Å². The number of aromatic carboxylic acids is 1. The molecule has 1 rings (SSSR count). The van der Waals surface area contributed by atoms with E-state index in [1.807, 2.05) is 0 Å². The number of nitrogens with zero attached hydrogens (tertiary/aromatic N) is 3. The third-order valence-electron chi connectivity index (χ3n) is 1.92. The van der Waals surface area contributed by atoms with Crippen molar-refractivity contribution >= 4 is 74.4 Å². The molecule has 0 spiro atoms. The van der Waals surface area contributed by atoms with E-state index in [2.05, 4.69) is 0 Å². The van der Waals surface area contributed by atoms with Crippen LogP contribution in [0.5, 0.6) is 0 Å². The van der Waals surface area contributed by atoms with Crippen LogP contribution in [0, 0.1) is 30.3 Å². The van der Waals surface area contributed by atoms with E-state index in [1.54, 1.807) is 0 Å². The number of carboxylic acid groups (broad SMARTS) is 1. The molecule has 0 aliphatic carbocycles. The van der Waals surface area contributed by atoms with Gasteiger partial charge >= 0.3 is 74.4 Å². The summed E-state index contributed by atoms with van der Waals surface area (Å²) < 4.78 is 0. The van der Waals surface area contributed by atoms with Crippen LogP contribution in [0.3, 0.4) is 0 Å². The van der Waals surface area contributed by atoms with Crippen LogP contribution in [0.1, 0.15) is 10.4 Å². The summed E-state index contributed by atoms with van der Waals surface area (Å²) in [7, 11) is 0. The number of carbonyl (C=O) groups is 1. The zero-order valence-corrected chi connectivity index (χ0v) is 8.30. The Balaban J connectivity index is 0.00000324. The molecule has 0 fully saturated rings. The van der Waals surface area contributed by atoms with Gasteiger partial charge in [0.25, 0.3) is 0 Å². The first-order chi connectivity index (χ1) is 8.27. The Bertz CT molecular complexity index is 535. The third-order valence-corrected chi connectivity index (χ3v) is 1.92. The quantitative estimate of drug-likeness (QED) is 0.475. The summed E-state index contributed by atoms with van der Waals surface area (Å²) >= 11 is 0. The van der Waals surface area contributed by atoms with Gasteiger partial charge in [-0.3, -0.25) is 30.3 Å². The normalized spacial score (nSPS) is 9.26. The second-order valence-corrected chi connectivity index (χ2v) is 2.91. The molecule has 1 N–H and O–H groups in total.